The largest absolute Gasteiger partial charge is 0.481 e. The summed E-state index contributed by atoms with van der Waals surface area (Å²) in [5.41, 5.74) is -0.586. The van der Waals surface area contributed by atoms with Gasteiger partial charge >= 0.3 is 5.97 Å². The minimum absolute atomic E-state index is 0.00524. The van der Waals surface area contributed by atoms with Gasteiger partial charge in [0.2, 0.25) is 17.7 Å². The number of rotatable bonds is 5. The van der Waals surface area contributed by atoms with E-state index in [0.29, 0.717) is 0 Å². The highest BCUT2D eigenvalue weighted by molar-refractivity contribution is 6.06. The molecular weight excluding hydrogens is 436 g/mol. The molecule has 8 heteroatoms. The Morgan fingerprint density at radius 3 is 2.09 bits per heavy atom. The Bertz CT molecular complexity index is 809. The Kier molecular flexibility index (Phi) is 8.90. The first-order valence-corrected chi connectivity index (χ1v) is 12.9. The molecule has 0 bridgehead atoms. The highest BCUT2D eigenvalue weighted by Gasteiger charge is 2.58. The van der Waals surface area contributed by atoms with E-state index in [4.69, 9.17) is 0 Å². The molecule has 3 N–H and O–H groups in total. The van der Waals surface area contributed by atoms with Crippen molar-refractivity contribution in [3.8, 4) is 0 Å². The summed E-state index contributed by atoms with van der Waals surface area (Å²) in [5, 5.41) is 21.9. The van der Waals surface area contributed by atoms with Crippen LogP contribution < -0.4 is 5.32 Å². The number of nitrogens with one attached hydrogen (secondary N) is 1. The smallest absolute Gasteiger partial charge is 0.307 e. The van der Waals surface area contributed by atoms with E-state index in [9.17, 15) is 29.4 Å². The second-order valence-corrected chi connectivity index (χ2v) is 10.7. The van der Waals surface area contributed by atoms with Gasteiger partial charge in [0, 0.05) is 12.1 Å². The number of allylic oxidation sites excluding steroid dienone is 2. The Hall–Kier alpha value is -2.22. The molecule has 2 aliphatic carbocycles. The molecule has 6 atom stereocenters. The zero-order valence-corrected chi connectivity index (χ0v) is 20.5. The monoisotopic (exact) mass is 476 g/mol. The van der Waals surface area contributed by atoms with Crippen molar-refractivity contribution in [3.05, 3.63) is 12.2 Å². The lowest BCUT2D eigenvalue weighted by molar-refractivity contribution is -0.152. The Morgan fingerprint density at radius 2 is 1.53 bits per heavy atom. The zero-order chi connectivity index (χ0) is 24.9. The molecule has 0 aromatic heterocycles. The summed E-state index contributed by atoms with van der Waals surface area (Å²) in [6, 6.07) is 0. The molecule has 1 saturated heterocycles. The zero-order valence-electron chi connectivity index (χ0n) is 20.5. The van der Waals surface area contributed by atoms with Crippen molar-refractivity contribution < 1.29 is 29.4 Å². The molecule has 190 valence electrons. The summed E-state index contributed by atoms with van der Waals surface area (Å²) < 4.78 is 0. The summed E-state index contributed by atoms with van der Waals surface area (Å²) in [5.74, 6) is -5.38. The second-order valence-electron chi connectivity index (χ2n) is 10.7. The molecule has 34 heavy (non-hydrogen) atoms. The first-order valence-electron chi connectivity index (χ1n) is 12.9. The summed E-state index contributed by atoms with van der Waals surface area (Å²) in [4.78, 5) is 53.4. The molecule has 1 aliphatic heterocycles. The van der Waals surface area contributed by atoms with Gasteiger partial charge in [-0.1, -0.05) is 31.4 Å². The van der Waals surface area contributed by atoms with Crippen LogP contribution in [0.4, 0.5) is 0 Å². The highest BCUT2D eigenvalue weighted by atomic mass is 16.4. The number of nitrogens with zero attached hydrogens (tertiary/aromatic N) is 1. The predicted molar refractivity (Wildman–Crippen MR) is 126 cm³/mol. The molecule has 3 aliphatic rings. The second kappa shape index (κ2) is 11.5. The van der Waals surface area contributed by atoms with Gasteiger partial charge in [0.1, 0.15) is 0 Å². The number of carboxylic acids is 1. The first kappa shape index (κ1) is 26.4. The van der Waals surface area contributed by atoms with Gasteiger partial charge < -0.3 is 15.5 Å². The van der Waals surface area contributed by atoms with Gasteiger partial charge in [0.05, 0.1) is 29.8 Å². The molecule has 0 spiro atoms. The Morgan fingerprint density at radius 1 is 1.00 bits per heavy atom. The van der Waals surface area contributed by atoms with Gasteiger partial charge in [-0.15, -0.1) is 0 Å². The average molecular weight is 477 g/mol. The van der Waals surface area contributed by atoms with Crippen molar-refractivity contribution in [2.75, 3.05) is 6.54 Å². The lowest BCUT2D eigenvalue weighted by atomic mass is 9.68. The van der Waals surface area contributed by atoms with Gasteiger partial charge in [-0.25, -0.2) is 0 Å². The van der Waals surface area contributed by atoms with Crippen molar-refractivity contribution in [1.82, 2.24) is 10.2 Å². The number of aliphatic carboxylic acids is 1. The number of imide groups is 1. The lowest BCUT2D eigenvalue weighted by Gasteiger charge is -2.38. The molecule has 0 aromatic rings. The van der Waals surface area contributed by atoms with E-state index < -0.39 is 47.2 Å². The van der Waals surface area contributed by atoms with E-state index in [0.717, 1.165) is 57.8 Å². The van der Waals surface area contributed by atoms with E-state index in [1.54, 1.807) is 0 Å². The molecular formula is C26H40N2O6. The predicted octanol–water partition coefficient (Wildman–Crippen LogP) is 3.03. The van der Waals surface area contributed by atoms with Gasteiger partial charge in [0.15, 0.2) is 0 Å². The summed E-state index contributed by atoms with van der Waals surface area (Å²) in [7, 11) is 0. The molecule has 2 fully saturated rings. The van der Waals surface area contributed by atoms with Crippen LogP contribution in [0.3, 0.4) is 0 Å². The summed E-state index contributed by atoms with van der Waals surface area (Å²) >= 11 is 0. The molecule has 8 nitrogen and oxygen atoms in total. The molecule has 3 rings (SSSR count). The Balaban J connectivity index is 1.81. The van der Waals surface area contributed by atoms with Crippen LogP contribution in [0, 0.1) is 23.7 Å². The maximum atomic E-state index is 13.6. The molecule has 0 radical (unpaired) electrons. The first-order chi connectivity index (χ1) is 16.2. The standard InChI is InChI=1S/C26H40N2O6/c1-17(29)16-27-22(30)18-14-19-20(15-21(18)25(33)34)24(32)28(23(19)31)26(2)12-10-8-6-4-3-5-7-9-11-13-26/h3-4,17-21,29H,5-16H2,1-2H3,(H,27,30)(H,33,34)/b4-3-. The van der Waals surface area contributed by atoms with Crippen LogP contribution in [0.25, 0.3) is 0 Å². The number of amides is 3. The molecule has 3 amide bonds. The Labute approximate surface area is 202 Å². The topological polar surface area (TPSA) is 124 Å². The van der Waals surface area contributed by atoms with Crippen LogP contribution in [0.5, 0.6) is 0 Å². The van der Waals surface area contributed by atoms with Crippen molar-refractivity contribution >= 4 is 23.7 Å². The van der Waals surface area contributed by atoms with E-state index in [1.807, 2.05) is 6.92 Å². The van der Waals surface area contributed by atoms with Crippen LogP contribution in [0.15, 0.2) is 12.2 Å². The van der Waals surface area contributed by atoms with E-state index in [-0.39, 0.29) is 31.2 Å². The number of likely N-dealkylation sites (tertiary alicyclic amines) is 1. The van der Waals surface area contributed by atoms with Crippen LogP contribution in [-0.2, 0) is 19.2 Å². The minimum Gasteiger partial charge on any atom is -0.481 e. The van der Waals surface area contributed by atoms with Crippen molar-refractivity contribution in [3.63, 3.8) is 0 Å². The van der Waals surface area contributed by atoms with Gasteiger partial charge in [-0.2, -0.15) is 0 Å². The number of fused-ring (bicyclic) bond motifs is 1. The molecule has 0 aromatic carbocycles. The quantitative estimate of drug-likeness (QED) is 0.414. The third-order valence-corrected chi connectivity index (χ3v) is 7.92. The van der Waals surface area contributed by atoms with Gasteiger partial charge in [-0.3, -0.25) is 24.1 Å². The van der Waals surface area contributed by atoms with E-state index in [2.05, 4.69) is 17.5 Å². The van der Waals surface area contributed by atoms with Crippen molar-refractivity contribution in [2.24, 2.45) is 23.7 Å². The molecule has 1 heterocycles. The van der Waals surface area contributed by atoms with Crippen LogP contribution in [0.2, 0.25) is 0 Å². The fraction of sp³-hybridized carbons (Fsp3) is 0.769. The minimum atomic E-state index is -1.13. The number of aliphatic hydroxyl groups is 1. The lowest BCUT2D eigenvalue weighted by Crippen LogP contribution is -2.50. The number of aliphatic hydroxyl groups excluding tert-OH is 1. The summed E-state index contributed by atoms with van der Waals surface area (Å²) in [6.07, 6.45) is 12.2. The molecule has 6 unspecified atom stereocenters. The number of carboxylic acid groups (broad SMARTS) is 1. The van der Waals surface area contributed by atoms with Crippen LogP contribution in [0.1, 0.15) is 84.5 Å². The SMILES string of the molecule is CC(O)CNC(=O)C1CC2C(=O)N(C3(C)CCCC/C=C\CCCCC3)C(=O)C2CC1C(=O)O. The highest BCUT2D eigenvalue weighted by Crippen LogP contribution is 2.47. The fourth-order valence-electron chi connectivity index (χ4n) is 5.96. The number of carbonyl (C=O) groups is 4. The normalized spacial score (nSPS) is 35.0. The summed E-state index contributed by atoms with van der Waals surface area (Å²) in [6.45, 7) is 3.55. The van der Waals surface area contributed by atoms with Gasteiger partial charge in [0.25, 0.3) is 0 Å². The average Bonchev–Trinajstić information content (AvgIpc) is 3.03. The van der Waals surface area contributed by atoms with E-state index >= 15 is 0 Å². The number of hydrogen-bond donors (Lipinski definition) is 3. The third-order valence-electron chi connectivity index (χ3n) is 7.92. The molecule has 1 saturated carbocycles. The van der Waals surface area contributed by atoms with E-state index in [1.165, 1.54) is 11.8 Å². The van der Waals surface area contributed by atoms with Crippen LogP contribution >= 0.6 is 0 Å². The number of hydrogen-bond acceptors (Lipinski definition) is 5. The maximum absolute atomic E-state index is 13.6. The van der Waals surface area contributed by atoms with Crippen molar-refractivity contribution in [2.45, 2.75) is 96.1 Å². The van der Waals surface area contributed by atoms with Crippen LogP contribution in [-0.4, -0.2) is 57.0 Å². The number of carbonyl (C=O) groups excluding carboxylic acids is 3. The maximum Gasteiger partial charge on any atom is 0.307 e. The fourth-order valence-corrected chi connectivity index (χ4v) is 5.96. The van der Waals surface area contributed by atoms with Crippen molar-refractivity contribution in [1.29, 1.82) is 0 Å². The van der Waals surface area contributed by atoms with Gasteiger partial charge in [-0.05, 0) is 65.2 Å². The third kappa shape index (κ3) is 5.88.